The van der Waals surface area contributed by atoms with E-state index in [-0.39, 0.29) is 0 Å². The Hall–Kier alpha value is -1.14. The number of pyridine rings is 2. The number of hydrogen-bond acceptors (Lipinski definition) is 4. The average Bonchev–Trinajstić information content (AvgIpc) is 2.38. The average molecular weight is 386 g/mol. The van der Waals surface area contributed by atoms with Crippen molar-refractivity contribution in [2.24, 2.45) is 0 Å². The van der Waals surface area contributed by atoms with Crippen LogP contribution in [0, 0.1) is 0 Å². The van der Waals surface area contributed by atoms with Crippen LogP contribution < -0.4 is 10.2 Å². The monoisotopic (exact) mass is 384 g/mol. The maximum Gasteiger partial charge on any atom is 0.0767 e. The summed E-state index contributed by atoms with van der Waals surface area (Å²) >= 11 is 6.90. The van der Waals surface area contributed by atoms with Crippen LogP contribution in [0.15, 0.2) is 39.7 Å². The van der Waals surface area contributed by atoms with Gasteiger partial charge in [0.25, 0.3) is 0 Å². The predicted octanol–water partition coefficient (Wildman–Crippen LogP) is 3.68. The summed E-state index contributed by atoms with van der Waals surface area (Å²) < 4.78 is 1.93. The molecule has 2 aromatic heterocycles. The highest BCUT2D eigenvalue weighted by molar-refractivity contribution is 9.11. The van der Waals surface area contributed by atoms with Crippen molar-refractivity contribution in [1.29, 1.82) is 0 Å². The maximum absolute atomic E-state index is 4.38. The van der Waals surface area contributed by atoms with E-state index in [2.05, 4.69) is 47.1 Å². The van der Waals surface area contributed by atoms with Crippen molar-refractivity contribution in [1.82, 2.24) is 9.97 Å². The van der Waals surface area contributed by atoms with Crippen LogP contribution in [0.1, 0.15) is 5.69 Å². The molecule has 0 amide bonds. The lowest BCUT2D eigenvalue weighted by Crippen LogP contribution is -2.12. The normalized spacial score (nSPS) is 10.3. The van der Waals surface area contributed by atoms with Gasteiger partial charge in [-0.25, -0.2) is 0 Å². The lowest BCUT2D eigenvalue weighted by Gasteiger charge is -2.17. The Bertz CT molecular complexity index is 572. The van der Waals surface area contributed by atoms with Crippen LogP contribution in [-0.2, 0) is 6.54 Å². The summed E-state index contributed by atoms with van der Waals surface area (Å²) in [5.41, 5.74) is 3.05. The SMILES string of the molecule is CN(C)c1ccncc1NCc1ncc(Br)cc1Br. The Morgan fingerprint density at radius 1 is 1.26 bits per heavy atom. The molecule has 1 N–H and O–H groups in total. The van der Waals surface area contributed by atoms with Gasteiger partial charge >= 0.3 is 0 Å². The Labute approximate surface area is 129 Å². The molecule has 0 aliphatic carbocycles. The number of anilines is 2. The Kier molecular flexibility index (Phi) is 4.76. The summed E-state index contributed by atoms with van der Waals surface area (Å²) in [5.74, 6) is 0. The largest absolute Gasteiger partial charge is 0.376 e. The van der Waals surface area contributed by atoms with E-state index in [0.29, 0.717) is 6.54 Å². The van der Waals surface area contributed by atoms with E-state index >= 15 is 0 Å². The zero-order chi connectivity index (χ0) is 13.8. The predicted molar refractivity (Wildman–Crippen MR) is 85.5 cm³/mol. The summed E-state index contributed by atoms with van der Waals surface area (Å²) in [6.45, 7) is 0.639. The Balaban J connectivity index is 2.14. The molecule has 0 aromatic carbocycles. The first-order valence-electron chi connectivity index (χ1n) is 5.73. The van der Waals surface area contributed by atoms with Gasteiger partial charge in [0.15, 0.2) is 0 Å². The molecule has 2 rings (SSSR count). The second-order valence-corrected chi connectivity index (χ2v) is 5.99. The lowest BCUT2D eigenvalue weighted by molar-refractivity contribution is 1.02. The van der Waals surface area contributed by atoms with Crippen LogP contribution in [0.3, 0.4) is 0 Å². The minimum atomic E-state index is 0.639. The van der Waals surface area contributed by atoms with Gasteiger partial charge in [-0.3, -0.25) is 9.97 Å². The summed E-state index contributed by atoms with van der Waals surface area (Å²) in [7, 11) is 4.02. The highest BCUT2D eigenvalue weighted by Crippen LogP contribution is 2.24. The summed E-state index contributed by atoms with van der Waals surface area (Å²) in [4.78, 5) is 10.6. The minimum Gasteiger partial charge on any atom is -0.376 e. The first-order valence-corrected chi connectivity index (χ1v) is 7.31. The molecule has 0 radical (unpaired) electrons. The van der Waals surface area contributed by atoms with E-state index < -0.39 is 0 Å². The second-order valence-electron chi connectivity index (χ2n) is 4.22. The third-order valence-corrected chi connectivity index (χ3v) is 3.73. The molecular weight excluding hydrogens is 372 g/mol. The van der Waals surface area contributed by atoms with E-state index in [1.807, 2.05) is 37.3 Å². The van der Waals surface area contributed by atoms with E-state index in [9.17, 15) is 0 Å². The topological polar surface area (TPSA) is 41.1 Å². The molecule has 4 nitrogen and oxygen atoms in total. The molecule has 0 saturated heterocycles. The number of halogens is 2. The fourth-order valence-electron chi connectivity index (χ4n) is 1.67. The van der Waals surface area contributed by atoms with Crippen LogP contribution >= 0.6 is 31.9 Å². The molecule has 0 fully saturated rings. The number of nitrogens with one attached hydrogen (secondary N) is 1. The van der Waals surface area contributed by atoms with Crippen molar-refractivity contribution in [2.75, 3.05) is 24.3 Å². The van der Waals surface area contributed by atoms with Gasteiger partial charge in [0, 0.05) is 35.4 Å². The number of nitrogens with zero attached hydrogens (tertiary/aromatic N) is 3. The standard InChI is InChI=1S/C13H14Br2N4/c1-19(2)13-3-4-16-7-12(13)18-8-11-10(15)5-9(14)6-17-11/h3-7,18H,8H2,1-2H3. The van der Waals surface area contributed by atoms with Crippen molar-refractivity contribution < 1.29 is 0 Å². The zero-order valence-electron chi connectivity index (χ0n) is 10.7. The van der Waals surface area contributed by atoms with Gasteiger partial charge in [0.05, 0.1) is 29.8 Å². The highest BCUT2D eigenvalue weighted by Gasteiger charge is 2.06. The lowest BCUT2D eigenvalue weighted by atomic mass is 10.3. The molecule has 0 unspecified atom stereocenters. The van der Waals surface area contributed by atoms with Gasteiger partial charge in [-0.05, 0) is 44.0 Å². The van der Waals surface area contributed by atoms with Gasteiger partial charge in [-0.15, -0.1) is 0 Å². The van der Waals surface area contributed by atoms with E-state index in [4.69, 9.17) is 0 Å². The van der Waals surface area contributed by atoms with Gasteiger partial charge in [-0.2, -0.15) is 0 Å². The third kappa shape index (κ3) is 3.67. The zero-order valence-corrected chi connectivity index (χ0v) is 13.9. The van der Waals surface area contributed by atoms with E-state index in [1.54, 1.807) is 12.4 Å². The molecule has 2 aromatic rings. The molecule has 100 valence electrons. The Morgan fingerprint density at radius 3 is 2.74 bits per heavy atom. The van der Waals surface area contributed by atoms with Crippen molar-refractivity contribution in [3.8, 4) is 0 Å². The Morgan fingerprint density at radius 2 is 2.05 bits per heavy atom. The molecule has 6 heteroatoms. The fraction of sp³-hybridized carbons (Fsp3) is 0.231. The maximum atomic E-state index is 4.38. The van der Waals surface area contributed by atoms with E-state index in [0.717, 1.165) is 26.0 Å². The van der Waals surface area contributed by atoms with Crippen molar-refractivity contribution in [2.45, 2.75) is 6.54 Å². The van der Waals surface area contributed by atoms with E-state index in [1.165, 1.54) is 0 Å². The van der Waals surface area contributed by atoms with Crippen molar-refractivity contribution in [3.05, 3.63) is 45.4 Å². The summed E-state index contributed by atoms with van der Waals surface area (Å²) in [6.07, 6.45) is 5.40. The first-order chi connectivity index (χ1) is 9.08. The van der Waals surface area contributed by atoms with Gasteiger partial charge in [-0.1, -0.05) is 0 Å². The molecule has 0 atom stereocenters. The molecule has 2 heterocycles. The highest BCUT2D eigenvalue weighted by atomic mass is 79.9. The van der Waals surface area contributed by atoms with Crippen molar-refractivity contribution in [3.63, 3.8) is 0 Å². The molecule has 0 aliphatic heterocycles. The fourth-order valence-corrected chi connectivity index (χ4v) is 2.79. The second kappa shape index (κ2) is 6.34. The number of hydrogen-bond donors (Lipinski definition) is 1. The molecule has 0 spiro atoms. The first kappa shape index (κ1) is 14.3. The van der Waals surface area contributed by atoms with Crippen LogP contribution in [-0.4, -0.2) is 24.1 Å². The smallest absolute Gasteiger partial charge is 0.0767 e. The number of rotatable bonds is 4. The van der Waals surface area contributed by atoms with Crippen molar-refractivity contribution >= 4 is 43.2 Å². The molecular formula is C13H14Br2N4. The summed E-state index contributed by atoms with van der Waals surface area (Å²) in [5, 5.41) is 3.36. The van der Waals surface area contributed by atoms with Gasteiger partial charge in [0.1, 0.15) is 0 Å². The minimum absolute atomic E-state index is 0.639. The summed E-state index contributed by atoms with van der Waals surface area (Å²) in [6, 6.07) is 3.96. The van der Waals surface area contributed by atoms with Crippen LogP contribution in [0.5, 0.6) is 0 Å². The number of aromatic nitrogens is 2. The van der Waals surface area contributed by atoms with Crippen LogP contribution in [0.4, 0.5) is 11.4 Å². The molecule has 0 aliphatic rings. The van der Waals surface area contributed by atoms with Gasteiger partial charge < -0.3 is 10.2 Å². The molecule has 0 saturated carbocycles. The van der Waals surface area contributed by atoms with Gasteiger partial charge in [0.2, 0.25) is 0 Å². The van der Waals surface area contributed by atoms with Crippen LogP contribution in [0.2, 0.25) is 0 Å². The molecule has 0 bridgehead atoms. The third-order valence-electron chi connectivity index (χ3n) is 2.61. The van der Waals surface area contributed by atoms with Crippen LogP contribution in [0.25, 0.3) is 0 Å². The molecule has 19 heavy (non-hydrogen) atoms. The quantitative estimate of drug-likeness (QED) is 0.871.